The number of amides is 2. The van der Waals surface area contributed by atoms with Crippen molar-refractivity contribution in [1.82, 2.24) is 25.5 Å². The topological polar surface area (TPSA) is 159 Å². The molecule has 51 heavy (non-hydrogen) atoms. The Morgan fingerprint density at radius 1 is 0.961 bits per heavy atom. The summed E-state index contributed by atoms with van der Waals surface area (Å²) in [5.41, 5.74) is 16.1. The summed E-state index contributed by atoms with van der Waals surface area (Å²) in [6, 6.07) is 13.8. The average molecular weight is 753 g/mol. The van der Waals surface area contributed by atoms with E-state index in [-0.39, 0.29) is 37.0 Å². The van der Waals surface area contributed by atoms with E-state index >= 15 is 0 Å². The molecule has 0 saturated carbocycles. The number of pyridine rings is 1. The van der Waals surface area contributed by atoms with E-state index in [9.17, 15) is 14.4 Å². The first kappa shape index (κ1) is 38.8. The second kappa shape index (κ2) is 18.3. The molecule has 0 spiro atoms. The van der Waals surface area contributed by atoms with Gasteiger partial charge in [0.25, 0.3) is 0 Å². The van der Waals surface area contributed by atoms with Crippen LogP contribution in [0.4, 0.5) is 0 Å². The number of fused-ring (bicyclic) bond motifs is 3. The first-order valence-electron chi connectivity index (χ1n) is 17.5. The SMILES string of the molecule is Cc1[nH]c2ccccc2c1C[C@H]1C(=O)NCc2cc(Cl)cc(Cl)c2Sc2ncccc2CN[C@@H](CCCN)C(=O)C[C@@H](CCCCN)C(=O)N1C. The lowest BCUT2D eigenvalue weighted by Crippen LogP contribution is -2.51. The highest BCUT2D eigenvalue weighted by molar-refractivity contribution is 7.99. The minimum absolute atomic E-state index is 0.0324. The van der Waals surface area contributed by atoms with Crippen molar-refractivity contribution < 1.29 is 14.4 Å². The number of nitrogens with one attached hydrogen (secondary N) is 3. The molecule has 5 rings (SSSR count). The summed E-state index contributed by atoms with van der Waals surface area (Å²) in [7, 11) is 1.66. The minimum Gasteiger partial charge on any atom is -0.358 e. The Morgan fingerprint density at radius 2 is 1.75 bits per heavy atom. The first-order chi connectivity index (χ1) is 24.6. The zero-order chi connectivity index (χ0) is 36.5. The van der Waals surface area contributed by atoms with Crippen LogP contribution in [0.25, 0.3) is 10.9 Å². The van der Waals surface area contributed by atoms with Gasteiger partial charge in [-0.1, -0.05) is 65.7 Å². The smallest absolute Gasteiger partial charge is 0.243 e. The van der Waals surface area contributed by atoms with Crippen LogP contribution in [0, 0.1) is 12.8 Å². The highest BCUT2D eigenvalue weighted by Crippen LogP contribution is 2.39. The number of rotatable bonds is 9. The quantitative estimate of drug-likeness (QED) is 0.132. The Kier molecular flexibility index (Phi) is 14.0. The molecule has 4 aromatic rings. The maximum atomic E-state index is 14.5. The fourth-order valence-electron chi connectivity index (χ4n) is 6.71. The van der Waals surface area contributed by atoms with Crippen molar-refractivity contribution in [3.63, 3.8) is 0 Å². The molecule has 2 aromatic heterocycles. The number of hydrogen-bond acceptors (Lipinski definition) is 8. The molecule has 0 fully saturated rings. The number of aryl methyl sites for hydroxylation is 1. The zero-order valence-corrected chi connectivity index (χ0v) is 31.5. The van der Waals surface area contributed by atoms with E-state index in [0.29, 0.717) is 70.8 Å². The Hall–Kier alpha value is -3.45. The van der Waals surface area contributed by atoms with Crippen LogP contribution in [-0.2, 0) is 33.9 Å². The second-order valence-electron chi connectivity index (χ2n) is 13.1. The molecule has 13 heteroatoms. The number of likely N-dealkylation sites (N-methyl/N-ethyl adjacent to an activating group) is 1. The van der Waals surface area contributed by atoms with Crippen molar-refractivity contribution in [1.29, 1.82) is 0 Å². The van der Waals surface area contributed by atoms with E-state index in [0.717, 1.165) is 34.1 Å². The predicted octanol–water partition coefficient (Wildman–Crippen LogP) is 5.93. The third-order valence-electron chi connectivity index (χ3n) is 9.56. The molecule has 0 unspecified atom stereocenters. The molecule has 1 aliphatic heterocycles. The Labute approximate surface area is 313 Å². The molecule has 2 amide bonds. The van der Waals surface area contributed by atoms with E-state index in [1.165, 1.54) is 16.7 Å². The van der Waals surface area contributed by atoms with Crippen molar-refractivity contribution >= 4 is 63.5 Å². The van der Waals surface area contributed by atoms with Gasteiger partial charge in [0, 0.05) is 71.6 Å². The lowest BCUT2D eigenvalue weighted by molar-refractivity contribution is -0.143. The number of halogens is 2. The lowest BCUT2D eigenvalue weighted by Gasteiger charge is -2.31. The number of carbonyl (C=O) groups is 3. The number of nitrogens with zero attached hydrogens (tertiary/aromatic N) is 2. The van der Waals surface area contributed by atoms with Gasteiger partial charge >= 0.3 is 0 Å². The minimum atomic E-state index is -0.877. The molecule has 0 radical (unpaired) electrons. The van der Waals surface area contributed by atoms with Crippen LogP contribution in [0.5, 0.6) is 0 Å². The molecule has 3 heterocycles. The molecule has 7 N–H and O–H groups in total. The van der Waals surface area contributed by atoms with Gasteiger partial charge in [-0.2, -0.15) is 0 Å². The van der Waals surface area contributed by atoms with Crippen LogP contribution in [0.2, 0.25) is 10.0 Å². The summed E-state index contributed by atoms with van der Waals surface area (Å²) in [6.07, 6.45) is 5.05. The maximum Gasteiger partial charge on any atom is 0.243 e. The average Bonchev–Trinajstić information content (AvgIpc) is 3.44. The fraction of sp³-hybridized carbons (Fsp3) is 0.421. The van der Waals surface area contributed by atoms with E-state index in [1.807, 2.05) is 43.3 Å². The molecule has 1 aliphatic rings. The summed E-state index contributed by atoms with van der Waals surface area (Å²) < 4.78 is 0. The predicted molar refractivity (Wildman–Crippen MR) is 205 cm³/mol. The van der Waals surface area contributed by atoms with Gasteiger partial charge in [-0.15, -0.1) is 0 Å². The molecule has 10 nitrogen and oxygen atoms in total. The normalized spacial score (nSPS) is 19.5. The summed E-state index contributed by atoms with van der Waals surface area (Å²) in [5.74, 6) is -1.28. The highest BCUT2D eigenvalue weighted by Gasteiger charge is 2.35. The number of carbonyl (C=O) groups excluding carboxylic acids is 3. The first-order valence-corrected chi connectivity index (χ1v) is 19.0. The highest BCUT2D eigenvalue weighted by atomic mass is 35.5. The van der Waals surface area contributed by atoms with Gasteiger partial charge in [-0.05, 0) is 86.7 Å². The van der Waals surface area contributed by atoms with Gasteiger partial charge in [-0.25, -0.2) is 4.98 Å². The van der Waals surface area contributed by atoms with Gasteiger partial charge in [0.05, 0.1) is 11.1 Å². The third-order valence-corrected chi connectivity index (χ3v) is 11.4. The van der Waals surface area contributed by atoms with E-state index in [2.05, 4.69) is 20.6 Å². The number of aromatic amines is 1. The van der Waals surface area contributed by atoms with Gasteiger partial charge in [0.1, 0.15) is 11.1 Å². The van der Waals surface area contributed by atoms with E-state index < -0.39 is 18.0 Å². The van der Waals surface area contributed by atoms with Crippen molar-refractivity contribution in [2.45, 2.75) is 87.0 Å². The summed E-state index contributed by atoms with van der Waals surface area (Å²) in [6.45, 7) is 3.37. The van der Waals surface area contributed by atoms with Gasteiger partial charge in [-0.3, -0.25) is 14.4 Å². The second-order valence-corrected chi connectivity index (χ2v) is 15.0. The molecular weight excluding hydrogens is 705 g/mol. The fourth-order valence-corrected chi connectivity index (χ4v) is 8.36. The monoisotopic (exact) mass is 751 g/mol. The van der Waals surface area contributed by atoms with Crippen LogP contribution >= 0.6 is 35.0 Å². The van der Waals surface area contributed by atoms with Crippen molar-refractivity contribution in [2.75, 3.05) is 20.1 Å². The van der Waals surface area contributed by atoms with E-state index in [4.69, 9.17) is 34.7 Å². The van der Waals surface area contributed by atoms with Crippen molar-refractivity contribution in [3.8, 4) is 0 Å². The van der Waals surface area contributed by atoms with Crippen molar-refractivity contribution in [2.24, 2.45) is 17.4 Å². The number of benzene rings is 2. The number of nitrogens with two attached hydrogens (primary N) is 2. The Bertz CT molecular complexity index is 1850. The van der Waals surface area contributed by atoms with Crippen LogP contribution in [0.3, 0.4) is 0 Å². The summed E-state index contributed by atoms with van der Waals surface area (Å²) >= 11 is 14.7. The van der Waals surface area contributed by atoms with Crippen LogP contribution in [-0.4, -0.2) is 64.7 Å². The molecule has 3 atom stereocenters. The maximum absolute atomic E-state index is 14.5. The molecule has 272 valence electrons. The van der Waals surface area contributed by atoms with Crippen LogP contribution in [0.1, 0.15) is 60.9 Å². The third kappa shape index (κ3) is 9.71. The summed E-state index contributed by atoms with van der Waals surface area (Å²) in [4.78, 5) is 53.3. The largest absolute Gasteiger partial charge is 0.358 e. The zero-order valence-electron chi connectivity index (χ0n) is 29.1. The van der Waals surface area contributed by atoms with Gasteiger partial charge in [0.2, 0.25) is 11.8 Å². The standard InChI is InChI=1S/C38H47Cl2N7O3S/c1-23-29(28-11-3-4-12-31(28)46-23)20-33-36(49)45-22-26-17-27(39)19-30(40)35(26)51-37-25(10-8-16-43-37)21-44-32(13-7-15-42)34(48)18-24(9-5-6-14-41)38(50)47(33)2/h3-4,8,10-12,16-17,19,24,32-33,44,46H,5-7,9,13-15,18,20-22,41-42H2,1-2H3,(H,45,49)/t24-,32+,33+/m1/s1. The number of Topliss-reactive ketones (excluding diaryl/α,β-unsaturated/α-hetero) is 1. The van der Waals surface area contributed by atoms with Gasteiger partial charge in [0.15, 0.2) is 5.78 Å². The van der Waals surface area contributed by atoms with Gasteiger partial charge < -0.3 is 32.0 Å². The van der Waals surface area contributed by atoms with Crippen molar-refractivity contribution in [3.05, 3.63) is 87.2 Å². The number of hydrogen-bond donors (Lipinski definition) is 5. The Morgan fingerprint density at radius 3 is 2.53 bits per heavy atom. The number of ketones is 1. The lowest BCUT2D eigenvalue weighted by atomic mass is 9.90. The number of H-pyrrole nitrogens is 1. The molecule has 0 aliphatic carbocycles. The number of para-hydroxylation sites is 1. The molecule has 0 saturated heterocycles. The Balaban J connectivity index is 1.59. The van der Waals surface area contributed by atoms with Crippen LogP contribution < -0.4 is 22.1 Å². The molecular formula is C38H47Cl2N7O3S. The summed E-state index contributed by atoms with van der Waals surface area (Å²) in [5, 5.41) is 9.11. The molecule has 0 bridgehead atoms. The van der Waals surface area contributed by atoms with Crippen LogP contribution in [0.15, 0.2) is 64.6 Å². The molecule has 2 aromatic carbocycles. The number of aromatic nitrogens is 2. The van der Waals surface area contributed by atoms with E-state index in [1.54, 1.807) is 25.4 Å². The number of unbranched alkanes of at least 4 members (excludes halogenated alkanes) is 1.